The highest BCUT2D eigenvalue weighted by atomic mass is 35.5. The van der Waals surface area contributed by atoms with Crippen LogP contribution in [-0.2, 0) is 11.3 Å². The first-order valence-electron chi connectivity index (χ1n) is 8.83. The van der Waals surface area contributed by atoms with Gasteiger partial charge in [0.05, 0.1) is 38.0 Å². The maximum Gasteiger partial charge on any atom is 0.225 e. The summed E-state index contributed by atoms with van der Waals surface area (Å²) in [5.74, 6) is 1.53. The van der Waals surface area contributed by atoms with E-state index in [-0.39, 0.29) is 0 Å². The fourth-order valence-corrected chi connectivity index (χ4v) is 3.04. The zero-order valence-electron chi connectivity index (χ0n) is 14.8. The molecule has 0 amide bonds. The van der Waals surface area contributed by atoms with Crippen molar-refractivity contribution in [2.24, 2.45) is 0 Å². The predicted octanol–water partition coefficient (Wildman–Crippen LogP) is 2.91. The summed E-state index contributed by atoms with van der Waals surface area (Å²) < 4.78 is 13.2. The van der Waals surface area contributed by atoms with E-state index in [4.69, 9.17) is 21.1 Å². The van der Waals surface area contributed by atoms with E-state index in [0.717, 1.165) is 36.0 Å². The van der Waals surface area contributed by atoms with Crippen LogP contribution in [0.4, 0.5) is 5.95 Å². The van der Waals surface area contributed by atoms with Gasteiger partial charge in [-0.25, -0.2) is 15.0 Å². The number of imidazole rings is 1. The summed E-state index contributed by atoms with van der Waals surface area (Å²) in [5.41, 5.74) is 1.89. The normalized spacial score (nSPS) is 14.3. The van der Waals surface area contributed by atoms with E-state index in [0.29, 0.717) is 31.4 Å². The van der Waals surface area contributed by atoms with Crippen LogP contribution < -0.4 is 9.64 Å². The zero-order valence-corrected chi connectivity index (χ0v) is 15.5. The highest BCUT2D eigenvalue weighted by Gasteiger charge is 2.14. The quantitative estimate of drug-likeness (QED) is 0.650. The van der Waals surface area contributed by atoms with E-state index in [1.807, 2.05) is 47.4 Å². The van der Waals surface area contributed by atoms with Crippen LogP contribution in [0.25, 0.3) is 11.3 Å². The monoisotopic (exact) mass is 385 g/mol. The molecule has 0 atom stereocenters. The fourth-order valence-electron chi connectivity index (χ4n) is 2.91. The first-order chi connectivity index (χ1) is 13.3. The van der Waals surface area contributed by atoms with Gasteiger partial charge in [0.2, 0.25) is 5.95 Å². The van der Waals surface area contributed by atoms with Gasteiger partial charge in [-0.05, 0) is 24.3 Å². The molecule has 1 aliphatic rings. The number of aromatic nitrogens is 4. The predicted molar refractivity (Wildman–Crippen MR) is 103 cm³/mol. The lowest BCUT2D eigenvalue weighted by Gasteiger charge is -2.26. The maximum absolute atomic E-state index is 5.89. The van der Waals surface area contributed by atoms with Gasteiger partial charge in [-0.3, -0.25) is 0 Å². The Balaban J connectivity index is 1.39. The Labute approximate surface area is 162 Å². The first-order valence-corrected chi connectivity index (χ1v) is 9.21. The van der Waals surface area contributed by atoms with Crippen LogP contribution >= 0.6 is 11.6 Å². The van der Waals surface area contributed by atoms with Gasteiger partial charge in [0.25, 0.3) is 0 Å². The van der Waals surface area contributed by atoms with E-state index in [2.05, 4.69) is 19.9 Å². The second-order valence-corrected chi connectivity index (χ2v) is 6.58. The van der Waals surface area contributed by atoms with Crippen LogP contribution in [0, 0.1) is 0 Å². The summed E-state index contributed by atoms with van der Waals surface area (Å²) >= 11 is 5.89. The Morgan fingerprint density at radius 1 is 1.04 bits per heavy atom. The Bertz CT molecular complexity index is 861. The van der Waals surface area contributed by atoms with Crippen molar-refractivity contribution in [1.29, 1.82) is 0 Å². The molecule has 1 saturated heterocycles. The lowest BCUT2D eigenvalue weighted by Crippen LogP contribution is -2.37. The molecule has 7 nitrogen and oxygen atoms in total. The molecule has 27 heavy (non-hydrogen) atoms. The fraction of sp³-hybridized carbons (Fsp3) is 0.316. The van der Waals surface area contributed by atoms with Crippen molar-refractivity contribution < 1.29 is 9.47 Å². The van der Waals surface area contributed by atoms with Crippen LogP contribution in [0.2, 0.25) is 5.02 Å². The molecule has 1 aromatic carbocycles. The standard InChI is InChI=1S/C19H20ClN5O2/c20-16-1-3-17(4-2-16)27-10-7-25-14-21-13-18(25)15-11-22-19(23-12-15)24-5-8-26-9-6-24/h1-4,11-14H,5-10H2. The van der Waals surface area contributed by atoms with E-state index >= 15 is 0 Å². The summed E-state index contributed by atoms with van der Waals surface area (Å²) in [5, 5.41) is 0.694. The Morgan fingerprint density at radius 3 is 2.52 bits per heavy atom. The third-order valence-corrected chi connectivity index (χ3v) is 4.61. The van der Waals surface area contributed by atoms with E-state index in [9.17, 15) is 0 Å². The van der Waals surface area contributed by atoms with Crippen LogP contribution in [0.5, 0.6) is 5.75 Å². The topological polar surface area (TPSA) is 65.3 Å². The van der Waals surface area contributed by atoms with Crippen molar-refractivity contribution in [1.82, 2.24) is 19.5 Å². The molecule has 140 valence electrons. The summed E-state index contributed by atoms with van der Waals surface area (Å²) in [7, 11) is 0. The Kier molecular flexibility index (Phi) is 5.50. The number of benzene rings is 1. The van der Waals surface area contributed by atoms with Crippen LogP contribution in [0.3, 0.4) is 0 Å². The summed E-state index contributed by atoms with van der Waals surface area (Å²) in [6, 6.07) is 7.34. The van der Waals surface area contributed by atoms with Gasteiger partial charge in [0.1, 0.15) is 12.4 Å². The van der Waals surface area contributed by atoms with Gasteiger partial charge in [-0.2, -0.15) is 0 Å². The van der Waals surface area contributed by atoms with E-state index in [1.165, 1.54) is 0 Å². The molecule has 1 fully saturated rings. The van der Waals surface area contributed by atoms with Crippen molar-refractivity contribution in [2.75, 3.05) is 37.8 Å². The molecule has 8 heteroatoms. The number of rotatable bonds is 6. The lowest BCUT2D eigenvalue weighted by atomic mass is 10.2. The maximum atomic E-state index is 5.89. The largest absolute Gasteiger partial charge is 0.492 e. The van der Waals surface area contributed by atoms with E-state index < -0.39 is 0 Å². The molecule has 0 bridgehead atoms. The van der Waals surface area contributed by atoms with Crippen molar-refractivity contribution in [2.45, 2.75) is 6.54 Å². The molecule has 1 aliphatic heterocycles. The Hall–Kier alpha value is -2.64. The third-order valence-electron chi connectivity index (χ3n) is 4.35. The minimum absolute atomic E-state index is 0.526. The van der Waals surface area contributed by atoms with Crippen LogP contribution in [-0.4, -0.2) is 52.4 Å². The zero-order chi connectivity index (χ0) is 18.5. The smallest absolute Gasteiger partial charge is 0.225 e. The van der Waals surface area contributed by atoms with Crippen LogP contribution in [0.15, 0.2) is 49.2 Å². The average molecular weight is 386 g/mol. The van der Waals surface area contributed by atoms with Gasteiger partial charge < -0.3 is 18.9 Å². The third kappa shape index (κ3) is 4.37. The van der Waals surface area contributed by atoms with Gasteiger partial charge in [-0.15, -0.1) is 0 Å². The number of hydrogen-bond acceptors (Lipinski definition) is 6. The van der Waals surface area contributed by atoms with Crippen molar-refractivity contribution in [3.63, 3.8) is 0 Å². The van der Waals surface area contributed by atoms with Crippen molar-refractivity contribution >= 4 is 17.5 Å². The molecule has 0 unspecified atom stereocenters. The summed E-state index contributed by atoms with van der Waals surface area (Å²) in [6.45, 7) is 4.26. The highest BCUT2D eigenvalue weighted by Crippen LogP contribution is 2.20. The molecular formula is C19H20ClN5O2. The van der Waals surface area contributed by atoms with Gasteiger partial charge in [-0.1, -0.05) is 11.6 Å². The molecule has 0 radical (unpaired) electrons. The molecule has 0 spiro atoms. The number of nitrogens with zero attached hydrogens (tertiary/aromatic N) is 5. The van der Waals surface area contributed by atoms with Gasteiger partial charge in [0, 0.05) is 36.1 Å². The van der Waals surface area contributed by atoms with Gasteiger partial charge in [0.15, 0.2) is 0 Å². The van der Waals surface area contributed by atoms with Gasteiger partial charge >= 0.3 is 0 Å². The summed E-state index contributed by atoms with van der Waals surface area (Å²) in [6.07, 6.45) is 7.28. The second-order valence-electron chi connectivity index (χ2n) is 6.15. The average Bonchev–Trinajstić information content (AvgIpc) is 3.19. The minimum atomic E-state index is 0.526. The molecule has 0 aliphatic carbocycles. The molecule has 0 N–H and O–H groups in total. The molecule has 3 aromatic rings. The number of halogens is 1. The molecule has 3 heterocycles. The number of ether oxygens (including phenoxy) is 2. The number of hydrogen-bond donors (Lipinski definition) is 0. The minimum Gasteiger partial charge on any atom is -0.492 e. The molecular weight excluding hydrogens is 366 g/mol. The number of anilines is 1. The van der Waals surface area contributed by atoms with Crippen molar-refractivity contribution in [3.8, 4) is 17.0 Å². The molecule has 2 aromatic heterocycles. The Morgan fingerprint density at radius 2 is 1.78 bits per heavy atom. The number of morpholine rings is 1. The molecule has 0 saturated carbocycles. The molecule has 4 rings (SSSR count). The van der Waals surface area contributed by atoms with E-state index in [1.54, 1.807) is 6.33 Å². The summed E-state index contributed by atoms with van der Waals surface area (Å²) in [4.78, 5) is 15.4. The highest BCUT2D eigenvalue weighted by molar-refractivity contribution is 6.30. The first kappa shape index (κ1) is 17.8. The lowest BCUT2D eigenvalue weighted by molar-refractivity contribution is 0.122. The van der Waals surface area contributed by atoms with Crippen molar-refractivity contribution in [3.05, 3.63) is 54.2 Å². The SMILES string of the molecule is Clc1ccc(OCCn2cncc2-c2cnc(N3CCOCC3)nc2)cc1. The second kappa shape index (κ2) is 8.37. The van der Waals surface area contributed by atoms with Crippen LogP contribution in [0.1, 0.15) is 0 Å².